The van der Waals surface area contributed by atoms with E-state index in [0.29, 0.717) is 5.56 Å². The third-order valence-electron chi connectivity index (χ3n) is 8.71. The second-order valence-corrected chi connectivity index (χ2v) is 12.0. The molecule has 0 radical (unpaired) electrons. The molecule has 6 atom stereocenters. The summed E-state index contributed by atoms with van der Waals surface area (Å²) >= 11 is 0. The Balaban J connectivity index is 1.36. The minimum atomic E-state index is -5.04. The van der Waals surface area contributed by atoms with Crippen molar-refractivity contribution in [3.8, 4) is 11.5 Å². The van der Waals surface area contributed by atoms with Gasteiger partial charge in [0, 0.05) is 29.7 Å². The van der Waals surface area contributed by atoms with Crippen molar-refractivity contribution in [1.82, 2.24) is 10.2 Å². The quantitative estimate of drug-likeness (QED) is 0.254. The summed E-state index contributed by atoms with van der Waals surface area (Å²) in [4.78, 5) is 54.6. The van der Waals surface area contributed by atoms with Gasteiger partial charge in [0.2, 0.25) is 18.3 Å². The van der Waals surface area contributed by atoms with Crippen LogP contribution in [0.3, 0.4) is 0 Å². The number of fused-ring (bicyclic) bond motifs is 6. The molecule has 6 unspecified atom stereocenters. The van der Waals surface area contributed by atoms with Gasteiger partial charge in [0.05, 0.1) is 23.3 Å². The van der Waals surface area contributed by atoms with E-state index in [9.17, 15) is 47.7 Å². The average molecular weight is 661 g/mol. The predicted octanol–water partition coefficient (Wildman–Crippen LogP) is 2.81. The number of amides is 1. The number of rotatable bonds is 7. The zero-order valence-electron chi connectivity index (χ0n) is 25.2. The van der Waals surface area contributed by atoms with Crippen molar-refractivity contribution in [2.45, 2.75) is 82.6 Å². The summed E-state index contributed by atoms with van der Waals surface area (Å²) in [5, 5.41) is 33.2. The third kappa shape index (κ3) is 5.61. The smallest absolute Gasteiger partial charge is 0.471 e. The molecule has 2 fully saturated rings. The first kappa shape index (κ1) is 32.5. The molecule has 0 bridgehead atoms. The number of benzene rings is 2. The minimum absolute atomic E-state index is 0.00161. The molecule has 0 saturated carbocycles. The monoisotopic (exact) mass is 660 g/mol. The Bertz CT molecular complexity index is 1690. The van der Waals surface area contributed by atoms with Crippen molar-refractivity contribution in [2.75, 3.05) is 6.54 Å². The number of allylic oxidation sites excluding steroid dienone is 2. The maximum absolute atomic E-state index is 14.5. The minimum Gasteiger partial charge on any atom is -0.507 e. The van der Waals surface area contributed by atoms with E-state index in [1.807, 2.05) is 0 Å². The van der Waals surface area contributed by atoms with E-state index in [2.05, 4.69) is 0 Å². The second-order valence-electron chi connectivity index (χ2n) is 12.0. The maximum atomic E-state index is 14.5. The van der Waals surface area contributed by atoms with Crippen molar-refractivity contribution in [3.63, 3.8) is 0 Å². The van der Waals surface area contributed by atoms with Crippen molar-refractivity contribution in [1.29, 1.82) is 0 Å². The number of carbonyl (C=O) groups is 4. The number of phenols is 1. The molecule has 0 spiro atoms. The molecule has 4 N–H and O–H groups in total. The fourth-order valence-electron chi connectivity index (χ4n) is 6.54. The van der Waals surface area contributed by atoms with Gasteiger partial charge in [0.1, 0.15) is 29.3 Å². The number of nitrogens with one attached hydrogen (secondary N) is 1. The highest BCUT2D eigenvalue weighted by Gasteiger charge is 2.54. The lowest BCUT2D eigenvalue weighted by atomic mass is 9.78. The van der Waals surface area contributed by atoms with Crippen molar-refractivity contribution >= 4 is 29.0 Å². The van der Waals surface area contributed by atoms with Crippen LogP contribution in [0, 0.1) is 6.92 Å². The number of ether oxygens (including phenoxy) is 3. The summed E-state index contributed by atoms with van der Waals surface area (Å²) in [6.07, 6.45) is -10.4. The van der Waals surface area contributed by atoms with Crippen LogP contribution in [0.5, 0.6) is 11.5 Å². The lowest BCUT2D eigenvalue weighted by Gasteiger charge is -2.39. The lowest BCUT2D eigenvalue weighted by Crippen LogP contribution is -2.48. The zero-order valence-corrected chi connectivity index (χ0v) is 25.2. The van der Waals surface area contributed by atoms with E-state index in [1.54, 1.807) is 18.3 Å². The van der Waals surface area contributed by atoms with Gasteiger partial charge < -0.3 is 39.7 Å². The van der Waals surface area contributed by atoms with Crippen LogP contribution in [-0.2, 0) is 19.1 Å². The fraction of sp³-hybridized carbons (Fsp3) is 0.438. The predicted molar refractivity (Wildman–Crippen MR) is 154 cm³/mol. The number of phenolic OH excluding ortho intramolecular Hbond substituents is 1. The summed E-state index contributed by atoms with van der Waals surface area (Å²) in [6.45, 7) is 2.92. The standard InChI is InChI=1S/C32H31F3N2O10/c1-13-10-16-22(18(38)11-13)24-25(37-17(30(43)47-29(16)37)7-3-4-9-36-31(44)32(33,34)35)28(42)23-15(27(24)41)6-5-8-20(23)46-21-12-19(39)26(40)14(2)45-21/h5-6,8,10-11,14,17,19,21,26,29,38-40H,3-4,7,9,12H2,1-2H3,(H,36,44). The van der Waals surface area contributed by atoms with Crippen LogP contribution in [0.25, 0.3) is 5.57 Å². The Morgan fingerprint density at radius 2 is 1.85 bits per heavy atom. The average Bonchev–Trinajstić information content (AvgIpc) is 3.32. The van der Waals surface area contributed by atoms with Crippen LogP contribution in [0.15, 0.2) is 36.0 Å². The van der Waals surface area contributed by atoms with Gasteiger partial charge in [-0.2, -0.15) is 13.2 Å². The molecule has 3 heterocycles. The molecular formula is C32H31F3N2O10. The van der Waals surface area contributed by atoms with Gasteiger partial charge in [-0.1, -0.05) is 12.1 Å². The van der Waals surface area contributed by atoms with Crippen molar-refractivity contribution < 1.29 is 61.9 Å². The maximum Gasteiger partial charge on any atom is 0.471 e. The van der Waals surface area contributed by atoms with Crippen LogP contribution < -0.4 is 10.1 Å². The number of unbranched alkanes of at least 4 members (excludes halogenated alkanes) is 1. The van der Waals surface area contributed by atoms with E-state index in [-0.39, 0.29) is 77.3 Å². The van der Waals surface area contributed by atoms with Crippen LogP contribution in [0.1, 0.15) is 76.2 Å². The van der Waals surface area contributed by atoms with E-state index in [0.717, 1.165) is 0 Å². The molecule has 47 heavy (non-hydrogen) atoms. The number of Topliss-reactive ketones (excluding diaryl/α,β-unsaturated/α-hetero) is 2. The summed E-state index contributed by atoms with van der Waals surface area (Å²) in [6, 6.07) is 6.26. The number of aliphatic hydroxyl groups is 2. The van der Waals surface area contributed by atoms with E-state index in [4.69, 9.17) is 14.2 Å². The summed E-state index contributed by atoms with van der Waals surface area (Å²) in [5.74, 6) is -4.54. The van der Waals surface area contributed by atoms with Crippen LogP contribution >= 0.6 is 0 Å². The summed E-state index contributed by atoms with van der Waals surface area (Å²) in [7, 11) is 0. The molecule has 2 saturated heterocycles. The Morgan fingerprint density at radius 3 is 2.55 bits per heavy atom. The van der Waals surface area contributed by atoms with Gasteiger partial charge in [-0.25, -0.2) is 4.79 Å². The molecule has 2 aromatic rings. The van der Waals surface area contributed by atoms with Crippen LogP contribution in [0.4, 0.5) is 13.2 Å². The zero-order chi connectivity index (χ0) is 33.9. The van der Waals surface area contributed by atoms with Crippen LogP contribution in [-0.4, -0.2) is 87.0 Å². The molecule has 3 aliphatic heterocycles. The number of hydrogen-bond acceptors (Lipinski definition) is 11. The number of alkyl halides is 3. The number of ketones is 2. The largest absolute Gasteiger partial charge is 0.507 e. The molecule has 15 heteroatoms. The number of aromatic hydroxyl groups is 1. The highest BCUT2D eigenvalue weighted by atomic mass is 19.4. The molecule has 2 aromatic carbocycles. The van der Waals surface area contributed by atoms with Crippen molar-refractivity contribution in [2.24, 2.45) is 0 Å². The summed E-state index contributed by atoms with van der Waals surface area (Å²) in [5.41, 5.74) is 0.356. The summed E-state index contributed by atoms with van der Waals surface area (Å²) < 4.78 is 55.0. The number of aliphatic hydroxyl groups excluding tert-OH is 2. The molecular weight excluding hydrogens is 629 g/mol. The molecule has 250 valence electrons. The topological polar surface area (TPSA) is 172 Å². The highest BCUT2D eigenvalue weighted by molar-refractivity contribution is 6.41. The van der Waals surface area contributed by atoms with E-state index in [1.165, 1.54) is 36.1 Å². The first-order valence-corrected chi connectivity index (χ1v) is 15.0. The van der Waals surface area contributed by atoms with Crippen LogP contribution in [0.2, 0.25) is 0 Å². The molecule has 0 aromatic heterocycles. The molecule has 1 amide bonds. The van der Waals surface area contributed by atoms with E-state index >= 15 is 0 Å². The van der Waals surface area contributed by atoms with Gasteiger partial charge >= 0.3 is 18.1 Å². The Hall–Kier alpha value is -4.47. The number of esters is 1. The first-order chi connectivity index (χ1) is 22.2. The van der Waals surface area contributed by atoms with Gasteiger partial charge in [-0.05, 0) is 56.9 Å². The van der Waals surface area contributed by atoms with E-state index < -0.39 is 66.5 Å². The lowest BCUT2D eigenvalue weighted by molar-refractivity contribution is -0.216. The SMILES string of the molecule is Cc1cc(O)c2c(c1)C1OC(=O)C(CCCCNC(=O)C(F)(F)F)N1C1=C2C(=O)c2cccc(OC3CC(O)C(O)C(C)O3)c2C1=O. The highest BCUT2D eigenvalue weighted by Crippen LogP contribution is 2.52. The third-order valence-corrected chi connectivity index (χ3v) is 8.71. The molecule has 12 nitrogen and oxygen atoms in total. The number of nitrogens with zero attached hydrogens (tertiary/aromatic N) is 1. The number of halogens is 3. The first-order valence-electron chi connectivity index (χ1n) is 15.0. The number of carbonyl (C=O) groups excluding carboxylic acids is 4. The van der Waals surface area contributed by atoms with Gasteiger partial charge in [0.15, 0.2) is 5.78 Å². The van der Waals surface area contributed by atoms with Gasteiger partial charge in [-0.15, -0.1) is 0 Å². The molecule has 6 rings (SSSR count). The number of hydrogen-bond donors (Lipinski definition) is 4. The Morgan fingerprint density at radius 1 is 1.11 bits per heavy atom. The fourth-order valence-corrected chi connectivity index (χ4v) is 6.54. The molecule has 1 aliphatic carbocycles. The van der Waals surface area contributed by atoms with Gasteiger partial charge in [-0.3, -0.25) is 14.4 Å². The molecule has 4 aliphatic rings. The normalized spacial score (nSPS) is 26.7. The van der Waals surface area contributed by atoms with Gasteiger partial charge in [0.25, 0.3) is 0 Å². The van der Waals surface area contributed by atoms with Crippen molar-refractivity contribution in [3.05, 3.63) is 63.8 Å². The Kier molecular flexibility index (Phi) is 8.26. The Labute approximate surface area is 265 Å². The number of aryl methyl sites for hydroxylation is 1. The second kappa shape index (κ2) is 12.0.